The molecule has 1 atom stereocenters. The van der Waals surface area contributed by atoms with E-state index in [0.717, 1.165) is 0 Å². The van der Waals surface area contributed by atoms with E-state index < -0.39 is 17.8 Å². The van der Waals surface area contributed by atoms with Crippen molar-refractivity contribution in [3.05, 3.63) is 65.5 Å². The second-order valence-electron chi connectivity index (χ2n) is 4.21. The summed E-state index contributed by atoms with van der Waals surface area (Å²) in [6.45, 7) is -0.175. The molecule has 20 heavy (non-hydrogen) atoms. The summed E-state index contributed by atoms with van der Waals surface area (Å²) in [5.41, 5.74) is 5.57. The largest absolute Gasteiger partial charge is 0.490 e. The van der Waals surface area contributed by atoms with Gasteiger partial charge in [0.15, 0.2) is 0 Å². The van der Waals surface area contributed by atoms with E-state index in [-0.39, 0.29) is 23.5 Å². The summed E-state index contributed by atoms with van der Waals surface area (Å²) >= 11 is 0. The molecule has 104 valence electrons. The molecule has 0 aliphatic heterocycles. The molecule has 0 heterocycles. The van der Waals surface area contributed by atoms with E-state index in [2.05, 4.69) is 0 Å². The maximum atomic E-state index is 13.5. The summed E-state index contributed by atoms with van der Waals surface area (Å²) in [6, 6.07) is 12.3. The fourth-order valence-corrected chi connectivity index (χ4v) is 1.80. The molecule has 4 nitrogen and oxygen atoms in total. The topological polar surface area (TPSA) is 72.6 Å². The highest BCUT2D eigenvalue weighted by molar-refractivity contribution is 5.95. The van der Waals surface area contributed by atoms with Crippen LogP contribution < -0.4 is 10.5 Å². The number of ether oxygens (including phenoxy) is 1. The minimum atomic E-state index is -1.13. The van der Waals surface area contributed by atoms with Gasteiger partial charge in [-0.2, -0.15) is 0 Å². The van der Waals surface area contributed by atoms with Gasteiger partial charge in [0.1, 0.15) is 24.3 Å². The van der Waals surface area contributed by atoms with Crippen LogP contribution in [0.5, 0.6) is 5.75 Å². The quantitative estimate of drug-likeness (QED) is 0.877. The molecule has 0 saturated carbocycles. The Morgan fingerprint density at radius 1 is 1.20 bits per heavy atom. The number of carbonyl (C=O) groups excluding carboxylic acids is 1. The maximum Gasteiger partial charge on any atom is 0.252 e. The normalized spacial score (nSPS) is 11.9. The average Bonchev–Trinajstić information content (AvgIpc) is 2.45. The highest BCUT2D eigenvalue weighted by atomic mass is 19.1. The molecule has 1 amide bonds. The Hall–Kier alpha value is -2.40. The van der Waals surface area contributed by atoms with Crippen LogP contribution in [0.4, 0.5) is 4.39 Å². The van der Waals surface area contributed by atoms with E-state index in [4.69, 9.17) is 10.5 Å². The van der Waals surface area contributed by atoms with Crippen molar-refractivity contribution >= 4 is 5.91 Å². The number of nitrogens with two attached hydrogens (primary N) is 1. The maximum absolute atomic E-state index is 13.5. The number of carbonyl (C=O) groups is 1. The number of para-hydroxylation sites is 1. The van der Waals surface area contributed by atoms with Gasteiger partial charge < -0.3 is 15.6 Å². The van der Waals surface area contributed by atoms with Crippen LogP contribution in [0.2, 0.25) is 0 Å². The Balaban J connectivity index is 2.10. The lowest BCUT2D eigenvalue weighted by atomic mass is 10.1. The van der Waals surface area contributed by atoms with Crippen molar-refractivity contribution in [3.63, 3.8) is 0 Å². The van der Waals surface area contributed by atoms with Crippen molar-refractivity contribution in [2.75, 3.05) is 6.61 Å². The van der Waals surface area contributed by atoms with Gasteiger partial charge in [-0.3, -0.25) is 4.79 Å². The number of rotatable bonds is 5. The van der Waals surface area contributed by atoms with Gasteiger partial charge in [-0.25, -0.2) is 4.39 Å². The Bertz CT molecular complexity index is 616. The van der Waals surface area contributed by atoms with Crippen LogP contribution in [-0.2, 0) is 0 Å². The summed E-state index contributed by atoms with van der Waals surface area (Å²) in [6.07, 6.45) is -1.13. The van der Waals surface area contributed by atoms with E-state index in [1.165, 1.54) is 24.3 Å². The fraction of sp³-hybridized carbons (Fsp3) is 0.133. The Morgan fingerprint density at radius 2 is 1.85 bits per heavy atom. The van der Waals surface area contributed by atoms with E-state index in [0.29, 0.717) is 0 Å². The predicted octanol–water partition coefficient (Wildman–Crippen LogP) is 2.04. The summed E-state index contributed by atoms with van der Waals surface area (Å²) in [5.74, 6) is -0.872. The Morgan fingerprint density at radius 3 is 2.55 bits per heavy atom. The number of hydrogen-bond donors (Lipinski definition) is 2. The molecule has 0 radical (unpaired) electrons. The fourth-order valence-electron chi connectivity index (χ4n) is 1.80. The van der Waals surface area contributed by atoms with Crippen molar-refractivity contribution in [1.82, 2.24) is 0 Å². The lowest BCUT2D eigenvalue weighted by Crippen LogP contribution is -2.16. The number of halogens is 1. The smallest absolute Gasteiger partial charge is 0.252 e. The van der Waals surface area contributed by atoms with Gasteiger partial charge in [0.2, 0.25) is 0 Å². The molecule has 0 aromatic heterocycles. The third-order valence-electron chi connectivity index (χ3n) is 2.81. The molecule has 3 N–H and O–H groups in total. The lowest BCUT2D eigenvalue weighted by molar-refractivity contribution is 0.0959. The summed E-state index contributed by atoms with van der Waals surface area (Å²) in [7, 11) is 0. The second kappa shape index (κ2) is 6.16. The Labute approximate surface area is 115 Å². The SMILES string of the molecule is NC(=O)c1ccccc1OCC(O)c1ccccc1F. The van der Waals surface area contributed by atoms with Crippen molar-refractivity contribution in [1.29, 1.82) is 0 Å². The number of hydrogen-bond acceptors (Lipinski definition) is 3. The molecule has 2 aromatic rings. The van der Waals surface area contributed by atoms with Gasteiger partial charge in [0.05, 0.1) is 5.56 Å². The molecular formula is C15H14FNO3. The third kappa shape index (κ3) is 3.13. The van der Waals surface area contributed by atoms with Crippen molar-refractivity contribution < 1.29 is 19.0 Å². The van der Waals surface area contributed by atoms with E-state index >= 15 is 0 Å². The number of primary amides is 1. The first-order valence-corrected chi connectivity index (χ1v) is 6.03. The number of aliphatic hydroxyl groups is 1. The van der Waals surface area contributed by atoms with Gasteiger partial charge >= 0.3 is 0 Å². The number of amides is 1. The molecule has 0 spiro atoms. The van der Waals surface area contributed by atoms with E-state index in [1.54, 1.807) is 24.3 Å². The third-order valence-corrected chi connectivity index (χ3v) is 2.81. The van der Waals surface area contributed by atoms with Gasteiger partial charge in [0, 0.05) is 5.56 Å². The molecule has 1 unspecified atom stereocenters. The first-order chi connectivity index (χ1) is 9.59. The Kier molecular flexibility index (Phi) is 4.32. The van der Waals surface area contributed by atoms with Crippen LogP contribution in [0.15, 0.2) is 48.5 Å². The minimum Gasteiger partial charge on any atom is -0.490 e. The molecule has 0 fully saturated rings. The monoisotopic (exact) mass is 275 g/mol. The summed E-state index contributed by atoms with van der Waals surface area (Å²) in [4.78, 5) is 11.2. The van der Waals surface area contributed by atoms with E-state index in [9.17, 15) is 14.3 Å². The van der Waals surface area contributed by atoms with Crippen LogP contribution in [0.25, 0.3) is 0 Å². The van der Waals surface area contributed by atoms with Crippen molar-refractivity contribution in [3.8, 4) is 5.75 Å². The molecular weight excluding hydrogens is 261 g/mol. The lowest BCUT2D eigenvalue weighted by Gasteiger charge is -2.14. The standard InChI is InChI=1S/C15H14FNO3/c16-12-7-3-1-5-10(12)13(18)9-20-14-8-4-2-6-11(14)15(17)19/h1-8,13,18H,9H2,(H2,17,19). The van der Waals surface area contributed by atoms with Crippen molar-refractivity contribution in [2.24, 2.45) is 5.73 Å². The van der Waals surface area contributed by atoms with Crippen LogP contribution in [0, 0.1) is 5.82 Å². The molecule has 0 bridgehead atoms. The van der Waals surface area contributed by atoms with Crippen LogP contribution >= 0.6 is 0 Å². The van der Waals surface area contributed by atoms with Crippen LogP contribution in [0.3, 0.4) is 0 Å². The molecule has 2 aromatic carbocycles. The zero-order chi connectivity index (χ0) is 14.5. The molecule has 0 aliphatic carbocycles. The second-order valence-corrected chi connectivity index (χ2v) is 4.21. The van der Waals surface area contributed by atoms with Gasteiger partial charge in [-0.1, -0.05) is 30.3 Å². The zero-order valence-electron chi connectivity index (χ0n) is 10.6. The van der Waals surface area contributed by atoms with Gasteiger partial charge in [-0.15, -0.1) is 0 Å². The van der Waals surface area contributed by atoms with Gasteiger partial charge in [0.25, 0.3) is 5.91 Å². The zero-order valence-corrected chi connectivity index (χ0v) is 10.6. The minimum absolute atomic E-state index is 0.143. The molecule has 5 heteroatoms. The first kappa shape index (κ1) is 14.0. The van der Waals surface area contributed by atoms with Crippen LogP contribution in [0.1, 0.15) is 22.0 Å². The first-order valence-electron chi connectivity index (χ1n) is 6.03. The van der Waals surface area contributed by atoms with Crippen LogP contribution in [-0.4, -0.2) is 17.6 Å². The van der Waals surface area contributed by atoms with E-state index in [1.807, 2.05) is 0 Å². The predicted molar refractivity (Wildman–Crippen MR) is 71.8 cm³/mol. The highest BCUT2D eigenvalue weighted by Gasteiger charge is 2.15. The summed E-state index contributed by atoms with van der Waals surface area (Å²) in [5, 5.41) is 9.91. The summed E-state index contributed by atoms with van der Waals surface area (Å²) < 4.78 is 18.8. The molecule has 2 rings (SSSR count). The number of aliphatic hydroxyl groups excluding tert-OH is 1. The molecule has 0 aliphatic rings. The molecule has 0 saturated heterocycles. The number of benzene rings is 2. The highest BCUT2D eigenvalue weighted by Crippen LogP contribution is 2.21. The average molecular weight is 275 g/mol. The van der Waals surface area contributed by atoms with Gasteiger partial charge in [-0.05, 0) is 18.2 Å². The van der Waals surface area contributed by atoms with Crippen molar-refractivity contribution in [2.45, 2.75) is 6.10 Å².